The summed E-state index contributed by atoms with van der Waals surface area (Å²) in [5.74, 6) is -4.07. The average Bonchev–Trinajstić information content (AvgIpc) is 3.00. The van der Waals surface area contributed by atoms with Gasteiger partial charge >= 0.3 is 43.0 Å². The molecule has 2 N–H and O–H groups in total. The number of rotatable bonds is 28. The number of hydrogen-bond donors (Lipinski definition) is 2. The number of ether oxygens (including phenoxy) is 2. The number of aliphatic hydroxyl groups excluding tert-OH is 2. The zero-order valence-electron chi connectivity index (χ0n) is 27.9. The maximum absolute atomic E-state index is 11.0. The van der Waals surface area contributed by atoms with Gasteiger partial charge in [-0.05, 0) is 37.8 Å². The number of carboxylic acid groups (broad SMARTS) is 2. The molecule has 0 unspecified atom stereocenters. The van der Waals surface area contributed by atoms with E-state index in [9.17, 15) is 29.4 Å². The van der Waals surface area contributed by atoms with Crippen molar-refractivity contribution in [3.05, 3.63) is 24.3 Å². The van der Waals surface area contributed by atoms with E-state index < -0.39 is 23.9 Å². The first-order valence-corrected chi connectivity index (χ1v) is 22.4. The van der Waals surface area contributed by atoms with Crippen LogP contribution in [0.4, 0.5) is 0 Å². The Morgan fingerprint density at radius 2 is 0.689 bits per heavy atom. The summed E-state index contributed by atoms with van der Waals surface area (Å²) in [6, 6.07) is 0. The standard InChI is InChI=1S/2C16H28O5.2CH3.Sn/c2*17-13-9-7-5-3-1-2-4-6-8-10-14-21-16(20)12-11-15(18)19;;;/h2*11-12,17H,1-10,13-14H2,(H,18,19);2*1H3;/q;;;;+2/p-2/b2*12-11-;;;. The molecule has 0 aliphatic heterocycles. The first-order valence-electron chi connectivity index (χ1n) is 16.7. The second-order valence-corrected chi connectivity index (χ2v) is 13.5. The molecule has 0 amide bonds. The van der Waals surface area contributed by atoms with Crippen molar-refractivity contribution in [1.82, 2.24) is 0 Å². The number of carbonyl (C=O) groups excluding carboxylic acids is 4. The molecule has 0 aromatic carbocycles. The molecule has 0 aromatic heterocycles. The van der Waals surface area contributed by atoms with Gasteiger partial charge in [-0.3, -0.25) is 0 Å². The molecule has 11 heteroatoms. The Morgan fingerprint density at radius 3 is 0.911 bits per heavy atom. The monoisotopic (exact) mass is 748 g/mol. The van der Waals surface area contributed by atoms with Gasteiger partial charge in [0.05, 0.1) is 25.2 Å². The molecule has 45 heavy (non-hydrogen) atoms. The topological polar surface area (TPSA) is 173 Å². The van der Waals surface area contributed by atoms with Crippen molar-refractivity contribution >= 4 is 45.0 Å². The summed E-state index contributed by atoms with van der Waals surface area (Å²) in [4.78, 5) is 46.7. The van der Waals surface area contributed by atoms with E-state index in [0.717, 1.165) is 76.4 Å². The van der Waals surface area contributed by atoms with Crippen LogP contribution in [0.3, 0.4) is 0 Å². The fourth-order valence-corrected chi connectivity index (χ4v) is 3.97. The van der Waals surface area contributed by atoms with Crippen molar-refractivity contribution in [2.75, 3.05) is 26.4 Å². The van der Waals surface area contributed by atoms with Gasteiger partial charge in [0.1, 0.15) is 0 Å². The van der Waals surface area contributed by atoms with E-state index in [4.69, 9.17) is 19.7 Å². The summed E-state index contributed by atoms with van der Waals surface area (Å²) in [5.41, 5.74) is 0. The number of carboxylic acids is 2. The van der Waals surface area contributed by atoms with Crippen molar-refractivity contribution in [1.29, 1.82) is 0 Å². The van der Waals surface area contributed by atoms with Crippen LogP contribution < -0.4 is 10.2 Å². The van der Waals surface area contributed by atoms with Gasteiger partial charge in [-0.15, -0.1) is 0 Å². The van der Waals surface area contributed by atoms with Crippen molar-refractivity contribution in [3.63, 3.8) is 0 Å². The molecular formula is C34H60O10Sn. The fourth-order valence-electron chi connectivity index (χ4n) is 3.97. The summed E-state index contributed by atoms with van der Waals surface area (Å²) in [5, 5.41) is 37.4. The molecule has 0 spiro atoms. The number of aliphatic carboxylic acids is 2. The average molecular weight is 748 g/mol. The predicted octanol–water partition coefficient (Wildman–Crippen LogP) is 4.24. The number of unbranched alkanes of at least 4 members (excludes halogenated alkanes) is 18. The Morgan fingerprint density at radius 1 is 0.467 bits per heavy atom. The molecule has 0 rings (SSSR count). The van der Waals surface area contributed by atoms with Crippen molar-refractivity contribution in [3.8, 4) is 0 Å². The third-order valence-corrected chi connectivity index (χ3v) is 6.30. The molecule has 0 aliphatic rings. The summed E-state index contributed by atoms with van der Waals surface area (Å²) >= 11 is 0.230. The van der Waals surface area contributed by atoms with Crippen molar-refractivity contribution in [2.45, 2.75) is 138 Å². The van der Waals surface area contributed by atoms with Gasteiger partial charge in [0.25, 0.3) is 0 Å². The summed E-state index contributed by atoms with van der Waals surface area (Å²) < 4.78 is 9.68. The second-order valence-electron chi connectivity index (χ2n) is 10.7. The van der Waals surface area contributed by atoms with Crippen LogP contribution in [0.15, 0.2) is 24.3 Å². The molecule has 0 radical (unpaired) electrons. The molecular weight excluding hydrogens is 687 g/mol. The first kappa shape index (κ1) is 47.5. The van der Waals surface area contributed by atoms with E-state index in [1.165, 1.54) is 64.2 Å². The molecule has 0 heterocycles. The quantitative estimate of drug-likeness (QED) is 0.0510. The van der Waals surface area contributed by atoms with Crippen LogP contribution in [0.1, 0.15) is 128 Å². The van der Waals surface area contributed by atoms with E-state index >= 15 is 0 Å². The Hall–Kier alpha value is -1.92. The molecule has 0 fully saturated rings. The molecule has 0 bridgehead atoms. The van der Waals surface area contributed by atoms with Crippen LogP contribution in [0.25, 0.3) is 0 Å². The van der Waals surface area contributed by atoms with Crippen LogP contribution in [0, 0.1) is 0 Å². The van der Waals surface area contributed by atoms with Gasteiger partial charge in [0, 0.05) is 25.4 Å². The van der Waals surface area contributed by atoms with E-state index in [-0.39, 0.29) is 21.1 Å². The Balaban J connectivity index is -0.000000720. The van der Waals surface area contributed by atoms with Crippen molar-refractivity contribution in [2.24, 2.45) is 0 Å². The van der Waals surface area contributed by atoms with Crippen molar-refractivity contribution < 1.29 is 49.1 Å². The Kier molecular flexibility index (Phi) is 44.4. The fraction of sp³-hybridized carbons (Fsp3) is 0.765. The minimum absolute atomic E-state index is 0.230. The molecule has 0 saturated heterocycles. The third kappa shape index (κ3) is 51.9. The maximum atomic E-state index is 11.0. The van der Waals surface area contributed by atoms with Crippen LogP contribution in [0.5, 0.6) is 0 Å². The first-order chi connectivity index (χ1) is 21.7. The number of aliphatic hydroxyl groups is 2. The van der Waals surface area contributed by atoms with E-state index in [1.807, 2.05) is 0 Å². The normalized spacial score (nSPS) is 10.4. The van der Waals surface area contributed by atoms with E-state index in [2.05, 4.69) is 9.88 Å². The molecule has 260 valence electrons. The van der Waals surface area contributed by atoms with Gasteiger partial charge in [-0.1, -0.05) is 103 Å². The van der Waals surface area contributed by atoms with Crippen LogP contribution in [-0.2, 0) is 28.7 Å². The SMILES string of the molecule is O=C([O-])/C=C\C(=O)OCCCCCCCCCCCCO.O=C([O-])/C=C\C(=O)OCCCCCCCCCCCCO.[CH3][Sn+2][CH3]. The van der Waals surface area contributed by atoms with Gasteiger partial charge < -0.3 is 39.5 Å². The predicted molar refractivity (Wildman–Crippen MR) is 174 cm³/mol. The number of hydrogen-bond acceptors (Lipinski definition) is 10. The Bertz CT molecular complexity index is 680. The number of esters is 2. The zero-order valence-corrected chi connectivity index (χ0v) is 30.8. The molecule has 0 aliphatic carbocycles. The van der Waals surface area contributed by atoms with E-state index in [1.54, 1.807) is 0 Å². The minimum atomic E-state index is -1.40. The number of carbonyl (C=O) groups is 4. The van der Waals surface area contributed by atoms with Crippen LogP contribution in [0.2, 0.25) is 9.88 Å². The molecule has 10 nitrogen and oxygen atoms in total. The van der Waals surface area contributed by atoms with Gasteiger partial charge in [0.15, 0.2) is 0 Å². The van der Waals surface area contributed by atoms with Crippen LogP contribution in [-0.4, -0.2) is 81.7 Å². The van der Waals surface area contributed by atoms with Gasteiger partial charge in [-0.25, -0.2) is 9.59 Å². The zero-order chi connectivity index (χ0) is 34.2. The van der Waals surface area contributed by atoms with Gasteiger partial charge in [0.2, 0.25) is 0 Å². The molecule has 0 saturated carbocycles. The summed E-state index contributed by atoms with van der Waals surface area (Å²) in [6.07, 6.45) is 25.3. The van der Waals surface area contributed by atoms with E-state index in [0.29, 0.717) is 38.6 Å². The summed E-state index contributed by atoms with van der Waals surface area (Å²) in [7, 11) is 0. The molecule has 0 atom stereocenters. The third-order valence-electron chi connectivity index (χ3n) is 6.30. The Labute approximate surface area is 282 Å². The second kappa shape index (κ2) is 42.1. The summed E-state index contributed by atoms with van der Waals surface area (Å²) in [6.45, 7) is 1.26. The molecule has 0 aromatic rings. The van der Waals surface area contributed by atoms with Gasteiger partial charge in [-0.2, -0.15) is 0 Å². The van der Waals surface area contributed by atoms with Crippen LogP contribution >= 0.6 is 0 Å².